The number of imidazole rings is 1. The standard InChI is InChI=1S/C21H23ClFN3O2/c1-27-20-11-17(13-24-7-4-9-26-10-8-25-15-26)18(22)12-21(20)28-14-16-5-2-3-6-19(16)23/h2-3,5-6,8,10-12,15,24H,4,7,9,13-14H2,1H3. The largest absolute Gasteiger partial charge is 0.493 e. The third-order valence-electron chi connectivity index (χ3n) is 4.32. The third kappa shape index (κ3) is 5.47. The number of benzene rings is 2. The summed E-state index contributed by atoms with van der Waals surface area (Å²) in [6.07, 6.45) is 6.51. The van der Waals surface area contributed by atoms with Crippen molar-refractivity contribution in [2.45, 2.75) is 26.1 Å². The van der Waals surface area contributed by atoms with Crippen molar-refractivity contribution in [3.63, 3.8) is 0 Å². The quantitative estimate of drug-likeness (QED) is 0.508. The van der Waals surface area contributed by atoms with Crippen LogP contribution in [0.1, 0.15) is 17.5 Å². The highest BCUT2D eigenvalue weighted by Gasteiger charge is 2.12. The second-order valence-electron chi connectivity index (χ2n) is 6.31. The minimum atomic E-state index is -0.302. The smallest absolute Gasteiger partial charge is 0.163 e. The number of aryl methyl sites for hydroxylation is 1. The first kappa shape index (κ1) is 20.2. The maximum Gasteiger partial charge on any atom is 0.163 e. The Kier molecular flexibility index (Phi) is 7.28. The van der Waals surface area contributed by atoms with E-state index in [2.05, 4.69) is 10.3 Å². The molecule has 0 aliphatic heterocycles. The van der Waals surface area contributed by atoms with Gasteiger partial charge in [-0.3, -0.25) is 0 Å². The van der Waals surface area contributed by atoms with Gasteiger partial charge < -0.3 is 19.4 Å². The average molecular weight is 404 g/mol. The number of hydrogen-bond acceptors (Lipinski definition) is 4. The molecular weight excluding hydrogens is 381 g/mol. The van der Waals surface area contributed by atoms with Crippen molar-refractivity contribution in [2.24, 2.45) is 0 Å². The second-order valence-corrected chi connectivity index (χ2v) is 6.71. The fourth-order valence-corrected chi connectivity index (χ4v) is 3.01. The maximum absolute atomic E-state index is 13.8. The number of aromatic nitrogens is 2. The van der Waals surface area contributed by atoms with Crippen molar-refractivity contribution < 1.29 is 13.9 Å². The highest BCUT2D eigenvalue weighted by Crippen LogP contribution is 2.34. The Labute approximate surface area is 169 Å². The number of halogens is 2. The van der Waals surface area contributed by atoms with Crippen molar-refractivity contribution >= 4 is 11.6 Å². The molecule has 148 valence electrons. The predicted octanol–water partition coefficient (Wildman–Crippen LogP) is 4.44. The van der Waals surface area contributed by atoms with E-state index in [-0.39, 0.29) is 12.4 Å². The molecule has 0 unspecified atom stereocenters. The Balaban J connectivity index is 1.55. The minimum Gasteiger partial charge on any atom is -0.493 e. The first-order valence-corrected chi connectivity index (χ1v) is 9.44. The Bertz CT molecular complexity index is 887. The third-order valence-corrected chi connectivity index (χ3v) is 4.67. The van der Waals surface area contributed by atoms with Crippen LogP contribution in [0.25, 0.3) is 0 Å². The van der Waals surface area contributed by atoms with Gasteiger partial charge in [-0.1, -0.05) is 29.8 Å². The number of hydrogen-bond donors (Lipinski definition) is 1. The van der Waals surface area contributed by atoms with Gasteiger partial charge in [-0.05, 0) is 30.7 Å². The van der Waals surface area contributed by atoms with Crippen LogP contribution >= 0.6 is 11.6 Å². The van der Waals surface area contributed by atoms with E-state index < -0.39 is 0 Å². The first-order valence-electron chi connectivity index (χ1n) is 9.06. The van der Waals surface area contributed by atoms with E-state index in [0.717, 1.165) is 25.1 Å². The molecule has 3 aromatic rings. The molecule has 0 atom stereocenters. The number of methoxy groups -OCH3 is 1. The monoisotopic (exact) mass is 403 g/mol. The molecule has 0 saturated carbocycles. The van der Waals surface area contributed by atoms with E-state index in [9.17, 15) is 4.39 Å². The van der Waals surface area contributed by atoms with Gasteiger partial charge in [0.2, 0.25) is 0 Å². The van der Waals surface area contributed by atoms with Crippen LogP contribution in [-0.2, 0) is 19.7 Å². The van der Waals surface area contributed by atoms with Gasteiger partial charge in [-0.2, -0.15) is 0 Å². The van der Waals surface area contributed by atoms with E-state index in [0.29, 0.717) is 28.6 Å². The Morgan fingerprint density at radius 2 is 2.04 bits per heavy atom. The summed E-state index contributed by atoms with van der Waals surface area (Å²) in [6.45, 7) is 2.48. The normalized spacial score (nSPS) is 10.8. The Morgan fingerprint density at radius 3 is 2.79 bits per heavy atom. The van der Waals surface area contributed by atoms with E-state index in [1.807, 2.05) is 23.2 Å². The zero-order valence-electron chi connectivity index (χ0n) is 15.7. The van der Waals surface area contributed by atoms with Crippen molar-refractivity contribution in [3.8, 4) is 11.5 Å². The molecule has 1 N–H and O–H groups in total. The number of ether oxygens (including phenoxy) is 2. The lowest BCUT2D eigenvalue weighted by Crippen LogP contribution is -2.16. The van der Waals surface area contributed by atoms with Gasteiger partial charge in [0, 0.05) is 42.1 Å². The molecule has 0 spiro atoms. The lowest BCUT2D eigenvalue weighted by molar-refractivity contribution is 0.279. The van der Waals surface area contributed by atoms with Crippen LogP contribution in [0.5, 0.6) is 11.5 Å². The fourth-order valence-electron chi connectivity index (χ4n) is 2.78. The number of rotatable bonds is 10. The van der Waals surface area contributed by atoms with Crippen LogP contribution in [0.4, 0.5) is 4.39 Å². The van der Waals surface area contributed by atoms with E-state index in [4.69, 9.17) is 21.1 Å². The molecule has 28 heavy (non-hydrogen) atoms. The van der Waals surface area contributed by atoms with Crippen molar-refractivity contribution in [1.82, 2.24) is 14.9 Å². The summed E-state index contributed by atoms with van der Waals surface area (Å²) in [5.74, 6) is 0.750. The second kappa shape index (κ2) is 10.1. The van der Waals surface area contributed by atoms with Gasteiger partial charge in [0.15, 0.2) is 11.5 Å². The molecule has 0 amide bonds. The van der Waals surface area contributed by atoms with Crippen LogP contribution < -0.4 is 14.8 Å². The Morgan fingerprint density at radius 1 is 1.18 bits per heavy atom. The summed E-state index contributed by atoms with van der Waals surface area (Å²) >= 11 is 6.40. The topological polar surface area (TPSA) is 48.3 Å². The molecule has 3 rings (SSSR count). The molecule has 1 aromatic heterocycles. The molecule has 5 nitrogen and oxygen atoms in total. The first-order chi connectivity index (χ1) is 13.7. The average Bonchev–Trinajstić information content (AvgIpc) is 3.22. The summed E-state index contributed by atoms with van der Waals surface area (Å²) < 4.78 is 27.0. The number of nitrogens with zero attached hydrogens (tertiary/aromatic N) is 2. The van der Waals surface area contributed by atoms with E-state index >= 15 is 0 Å². The van der Waals surface area contributed by atoms with Gasteiger partial charge in [-0.15, -0.1) is 0 Å². The summed E-state index contributed by atoms with van der Waals surface area (Å²) in [4.78, 5) is 4.03. The molecule has 2 aromatic carbocycles. The molecule has 0 saturated heterocycles. The predicted molar refractivity (Wildman–Crippen MR) is 107 cm³/mol. The SMILES string of the molecule is COc1cc(CNCCCn2ccnc2)c(Cl)cc1OCc1ccccc1F. The zero-order valence-corrected chi connectivity index (χ0v) is 16.5. The maximum atomic E-state index is 13.8. The van der Waals surface area contributed by atoms with Crippen molar-refractivity contribution in [1.29, 1.82) is 0 Å². The van der Waals surface area contributed by atoms with E-state index in [1.165, 1.54) is 6.07 Å². The van der Waals surface area contributed by atoms with Crippen LogP contribution in [0.3, 0.4) is 0 Å². The highest BCUT2D eigenvalue weighted by molar-refractivity contribution is 6.31. The van der Waals surface area contributed by atoms with Crippen molar-refractivity contribution in [2.75, 3.05) is 13.7 Å². The fraction of sp³-hybridized carbons (Fsp3) is 0.286. The molecule has 0 fully saturated rings. The van der Waals surface area contributed by atoms with Crippen molar-refractivity contribution in [3.05, 3.63) is 77.1 Å². The summed E-state index contributed by atoms with van der Waals surface area (Å²) in [5.41, 5.74) is 1.39. The lowest BCUT2D eigenvalue weighted by atomic mass is 10.2. The lowest BCUT2D eigenvalue weighted by Gasteiger charge is -2.14. The summed E-state index contributed by atoms with van der Waals surface area (Å²) in [6, 6.07) is 10.1. The van der Waals surface area contributed by atoms with E-state index in [1.54, 1.807) is 37.6 Å². The zero-order chi connectivity index (χ0) is 19.8. The molecular formula is C21H23ClFN3O2. The highest BCUT2D eigenvalue weighted by atomic mass is 35.5. The van der Waals surface area contributed by atoms with Crippen LogP contribution in [0, 0.1) is 5.82 Å². The summed E-state index contributed by atoms with van der Waals surface area (Å²) in [5, 5.41) is 3.95. The van der Waals surface area contributed by atoms with Gasteiger partial charge in [0.1, 0.15) is 12.4 Å². The van der Waals surface area contributed by atoms with Gasteiger partial charge in [0.25, 0.3) is 0 Å². The van der Waals surface area contributed by atoms with Gasteiger partial charge in [0.05, 0.1) is 13.4 Å². The molecule has 7 heteroatoms. The Hall–Kier alpha value is -2.57. The number of nitrogens with one attached hydrogen (secondary N) is 1. The minimum absolute atomic E-state index is 0.102. The van der Waals surface area contributed by atoms with Crippen LogP contribution in [0.2, 0.25) is 5.02 Å². The molecule has 0 radical (unpaired) electrons. The van der Waals surface area contributed by atoms with Gasteiger partial charge >= 0.3 is 0 Å². The molecule has 0 aliphatic rings. The molecule has 0 aliphatic carbocycles. The molecule has 1 heterocycles. The van der Waals surface area contributed by atoms with Crippen LogP contribution in [-0.4, -0.2) is 23.2 Å². The molecule has 0 bridgehead atoms. The summed E-state index contributed by atoms with van der Waals surface area (Å²) in [7, 11) is 1.57. The van der Waals surface area contributed by atoms with Crippen LogP contribution in [0.15, 0.2) is 55.1 Å². The van der Waals surface area contributed by atoms with Gasteiger partial charge in [-0.25, -0.2) is 9.37 Å².